The normalized spacial score (nSPS) is 54.2. The van der Waals surface area contributed by atoms with Gasteiger partial charge in [-0.3, -0.25) is 4.90 Å². The van der Waals surface area contributed by atoms with Crippen molar-refractivity contribution in [2.45, 2.75) is 63.0 Å². The number of hydrogen-bond acceptors (Lipinski definition) is 7. The van der Waals surface area contributed by atoms with Crippen LogP contribution in [-0.4, -0.2) is 65.8 Å². The molecule has 0 aromatic heterocycles. The van der Waals surface area contributed by atoms with Crippen molar-refractivity contribution < 1.29 is 29.2 Å². The van der Waals surface area contributed by atoms with Gasteiger partial charge in [-0.05, 0) is 59.8 Å². The number of benzene rings is 1. The van der Waals surface area contributed by atoms with E-state index in [2.05, 4.69) is 18.4 Å². The Morgan fingerprint density at radius 1 is 1.17 bits per heavy atom. The molecule has 3 aliphatic heterocycles. The average Bonchev–Trinajstić information content (AvgIpc) is 3.22. The van der Waals surface area contributed by atoms with Gasteiger partial charge in [-0.25, -0.2) is 4.79 Å². The minimum atomic E-state index is -0.884. The fourth-order valence-electron chi connectivity index (χ4n) is 11.9. The zero-order valence-electron chi connectivity index (χ0n) is 21.2. The predicted molar refractivity (Wildman–Crippen MR) is 129 cm³/mol. The number of piperidine rings is 2. The Bertz CT molecular complexity index is 1230. The summed E-state index contributed by atoms with van der Waals surface area (Å²) in [6, 6.07) is 5.32. The Kier molecular flexibility index (Phi) is 3.84. The van der Waals surface area contributed by atoms with Gasteiger partial charge >= 0.3 is 5.97 Å². The molecule has 3 heterocycles. The standard InChI is InChI=1S/C29H35NO6/c1-14-16-11-17-22-27-9-5-8-26(2)13-30(22)29(33,25(26)27)12-28(17,21(27)20(16)31)23(14)36-24(32)15-6-7-18(34-3)19(10-15)35-4/h6-7,10,16-17,20-23,25,31,33H,1,5,8-9,11-13H2,2-4H3/t16-,17+,20+,21+,22?,23-,25-,26+,27+,28?,29+/m1/s1. The summed E-state index contributed by atoms with van der Waals surface area (Å²) in [5, 5.41) is 24.2. The zero-order valence-corrected chi connectivity index (χ0v) is 21.2. The number of nitrogens with zero attached hydrogens (tertiary/aromatic N) is 1. The predicted octanol–water partition coefficient (Wildman–Crippen LogP) is 3.00. The molecule has 3 saturated heterocycles. The van der Waals surface area contributed by atoms with Crippen LogP contribution in [0.1, 0.15) is 49.4 Å². The largest absolute Gasteiger partial charge is 0.493 e. The quantitative estimate of drug-likeness (QED) is 0.493. The lowest BCUT2D eigenvalue weighted by Crippen LogP contribution is -2.72. The molecule has 1 aromatic rings. The van der Waals surface area contributed by atoms with Crippen LogP contribution in [0.15, 0.2) is 30.4 Å². The van der Waals surface area contributed by atoms with Gasteiger partial charge in [0.15, 0.2) is 11.5 Å². The third-order valence-corrected chi connectivity index (χ3v) is 12.2. The summed E-state index contributed by atoms with van der Waals surface area (Å²) in [6.45, 7) is 7.71. The number of carbonyl (C=O) groups is 1. The van der Waals surface area contributed by atoms with Crippen LogP contribution < -0.4 is 9.47 Å². The van der Waals surface area contributed by atoms with Crippen molar-refractivity contribution in [2.24, 2.45) is 39.9 Å². The van der Waals surface area contributed by atoms with E-state index >= 15 is 0 Å². The van der Waals surface area contributed by atoms with Crippen LogP contribution in [0.25, 0.3) is 0 Å². The minimum absolute atomic E-state index is 0.0302. The average molecular weight is 494 g/mol. The Morgan fingerprint density at radius 3 is 2.69 bits per heavy atom. The molecule has 6 saturated carbocycles. The third kappa shape index (κ3) is 1.99. The lowest BCUT2D eigenvalue weighted by Gasteiger charge is -2.67. The van der Waals surface area contributed by atoms with E-state index in [-0.39, 0.29) is 34.6 Å². The highest BCUT2D eigenvalue weighted by atomic mass is 16.5. The first-order chi connectivity index (χ1) is 17.2. The van der Waals surface area contributed by atoms with E-state index in [0.29, 0.717) is 29.4 Å². The molecule has 2 N–H and O–H groups in total. The zero-order chi connectivity index (χ0) is 25.0. The van der Waals surface area contributed by atoms with E-state index in [1.54, 1.807) is 32.4 Å². The van der Waals surface area contributed by atoms with Crippen LogP contribution in [0.5, 0.6) is 11.5 Å². The van der Waals surface area contributed by atoms with Crippen LogP contribution in [0, 0.1) is 39.9 Å². The van der Waals surface area contributed by atoms with Gasteiger partial charge in [-0.2, -0.15) is 0 Å². The van der Waals surface area contributed by atoms with E-state index in [1.807, 2.05) is 0 Å². The highest BCUT2D eigenvalue weighted by Crippen LogP contribution is 2.89. The molecule has 9 fully saturated rings. The van der Waals surface area contributed by atoms with E-state index < -0.39 is 29.3 Å². The van der Waals surface area contributed by atoms with Gasteiger partial charge in [-0.15, -0.1) is 0 Å². The summed E-state index contributed by atoms with van der Waals surface area (Å²) >= 11 is 0. The van der Waals surface area contributed by atoms with Gasteiger partial charge in [0.05, 0.1) is 25.9 Å². The van der Waals surface area contributed by atoms with E-state index in [1.165, 1.54) is 0 Å². The molecule has 10 rings (SSSR count). The first-order valence-corrected chi connectivity index (χ1v) is 13.5. The molecule has 192 valence electrons. The summed E-state index contributed by atoms with van der Waals surface area (Å²) in [5.41, 5.74) is -0.144. The van der Waals surface area contributed by atoms with E-state index in [0.717, 1.165) is 37.8 Å². The molecule has 6 aliphatic carbocycles. The van der Waals surface area contributed by atoms with Crippen molar-refractivity contribution in [3.05, 3.63) is 35.9 Å². The van der Waals surface area contributed by atoms with Gasteiger partial charge < -0.3 is 24.4 Å². The van der Waals surface area contributed by atoms with Crippen molar-refractivity contribution in [3.63, 3.8) is 0 Å². The second-order valence-electron chi connectivity index (χ2n) is 13.1. The number of hydrogen-bond donors (Lipinski definition) is 2. The lowest BCUT2D eigenvalue weighted by molar-refractivity contribution is -0.271. The number of fused-ring (bicyclic) bond motifs is 1. The monoisotopic (exact) mass is 493 g/mol. The second kappa shape index (κ2) is 6.30. The first-order valence-electron chi connectivity index (χ1n) is 13.5. The van der Waals surface area contributed by atoms with Crippen molar-refractivity contribution in [1.29, 1.82) is 0 Å². The maximum atomic E-state index is 13.6. The summed E-state index contributed by atoms with van der Waals surface area (Å²) in [5.74, 6) is 1.06. The first kappa shape index (κ1) is 21.9. The van der Waals surface area contributed by atoms with Crippen molar-refractivity contribution in [1.82, 2.24) is 4.90 Å². The maximum Gasteiger partial charge on any atom is 0.338 e. The fourth-order valence-corrected chi connectivity index (χ4v) is 11.9. The van der Waals surface area contributed by atoms with E-state index in [9.17, 15) is 15.0 Å². The molecule has 3 unspecified atom stereocenters. The number of methoxy groups -OCH3 is 2. The van der Waals surface area contributed by atoms with Crippen molar-refractivity contribution >= 4 is 5.97 Å². The second-order valence-corrected chi connectivity index (χ2v) is 13.1. The van der Waals surface area contributed by atoms with Gasteiger partial charge in [-0.1, -0.05) is 19.9 Å². The van der Waals surface area contributed by atoms with E-state index in [4.69, 9.17) is 14.2 Å². The number of esters is 1. The van der Waals surface area contributed by atoms with Crippen LogP contribution in [0.2, 0.25) is 0 Å². The Labute approximate surface area is 211 Å². The molecule has 9 aliphatic rings. The molecule has 36 heavy (non-hydrogen) atoms. The summed E-state index contributed by atoms with van der Waals surface area (Å²) in [4.78, 5) is 16.0. The molecule has 12 atom stereocenters. The molecule has 2 spiro atoms. The molecular formula is C29H35NO6. The van der Waals surface area contributed by atoms with Crippen LogP contribution in [-0.2, 0) is 4.74 Å². The lowest BCUT2D eigenvalue weighted by atomic mass is 9.39. The highest BCUT2D eigenvalue weighted by Gasteiger charge is 2.93. The van der Waals surface area contributed by atoms with Crippen LogP contribution >= 0.6 is 0 Å². The number of aliphatic hydroxyl groups is 2. The molecular weight excluding hydrogens is 458 g/mol. The SMILES string of the molecule is C=C1[C@H]2C[C@H]3C4N5C[C@]6(C)CCC[C@]47[C@H]([C@H]2O)C3(C[C@]5(O)[C@H]67)[C@@H]1OC(=O)c1ccc(OC)c(OC)c1. The van der Waals surface area contributed by atoms with Gasteiger partial charge in [0, 0.05) is 42.2 Å². The third-order valence-electron chi connectivity index (χ3n) is 12.2. The van der Waals surface area contributed by atoms with Crippen molar-refractivity contribution in [2.75, 3.05) is 20.8 Å². The fraction of sp³-hybridized carbons (Fsp3) is 0.690. The Morgan fingerprint density at radius 2 is 1.94 bits per heavy atom. The van der Waals surface area contributed by atoms with Gasteiger partial charge in [0.25, 0.3) is 0 Å². The molecule has 0 amide bonds. The van der Waals surface area contributed by atoms with Gasteiger partial charge in [0.2, 0.25) is 0 Å². The van der Waals surface area contributed by atoms with Crippen molar-refractivity contribution in [3.8, 4) is 11.5 Å². The number of rotatable bonds is 4. The number of aliphatic hydroxyl groups excluding tert-OH is 1. The Balaban J connectivity index is 1.23. The number of ether oxygens (including phenoxy) is 3. The summed E-state index contributed by atoms with van der Waals surface area (Å²) < 4.78 is 17.1. The smallest absolute Gasteiger partial charge is 0.338 e. The molecule has 7 nitrogen and oxygen atoms in total. The molecule has 9 bridgehead atoms. The minimum Gasteiger partial charge on any atom is -0.493 e. The highest BCUT2D eigenvalue weighted by molar-refractivity contribution is 5.90. The summed E-state index contributed by atoms with van der Waals surface area (Å²) in [6.07, 6.45) is 3.77. The molecule has 1 aromatic carbocycles. The van der Waals surface area contributed by atoms with Crippen LogP contribution in [0.4, 0.5) is 0 Å². The summed E-state index contributed by atoms with van der Waals surface area (Å²) in [7, 11) is 3.11. The maximum absolute atomic E-state index is 13.6. The topological polar surface area (TPSA) is 88.5 Å². The molecule has 7 heteroatoms. The molecule has 0 radical (unpaired) electrons. The van der Waals surface area contributed by atoms with Gasteiger partial charge in [0.1, 0.15) is 11.8 Å². The van der Waals surface area contributed by atoms with Crippen LogP contribution in [0.3, 0.4) is 0 Å². The number of carbonyl (C=O) groups excluding carboxylic acids is 1. The Hall–Kier alpha value is -2.09.